The molecular weight excluding hydrogens is 249 g/mol. The Bertz CT molecular complexity index is 389. The van der Waals surface area contributed by atoms with E-state index in [1.807, 2.05) is 0 Å². The Kier molecular flexibility index (Phi) is 3.53. The average Bonchev–Trinajstić information content (AvgIpc) is 2.16. The summed E-state index contributed by atoms with van der Waals surface area (Å²) in [6.07, 6.45) is 1.62. The minimum atomic E-state index is -4.26. The second-order valence-corrected chi connectivity index (χ2v) is 5.22. The molecule has 0 aliphatic heterocycles. The fourth-order valence-corrected chi connectivity index (χ4v) is 2.43. The van der Waals surface area contributed by atoms with Crippen LogP contribution in [-0.4, -0.2) is 17.6 Å². The van der Waals surface area contributed by atoms with Crippen LogP contribution in [0.3, 0.4) is 0 Å². The molecule has 0 bridgehead atoms. The average molecular weight is 262 g/mol. The first kappa shape index (κ1) is 12.6. The topological polar surface area (TPSA) is 38.0 Å². The van der Waals surface area contributed by atoms with E-state index < -0.39 is 5.51 Å². The van der Waals surface area contributed by atoms with Gasteiger partial charge in [-0.3, -0.25) is 0 Å². The third-order valence-electron chi connectivity index (χ3n) is 2.65. The number of nitrogens with one attached hydrogen (secondary N) is 1. The lowest BCUT2D eigenvalue weighted by molar-refractivity contribution is -0.0327. The van der Waals surface area contributed by atoms with Gasteiger partial charge in [0.1, 0.15) is 0 Å². The molecule has 0 atom stereocenters. The summed E-state index contributed by atoms with van der Waals surface area (Å²) < 4.78 is 37.0. The normalized spacial score (nSPS) is 24.2. The van der Waals surface area contributed by atoms with Crippen molar-refractivity contribution < 1.29 is 13.2 Å². The maximum absolute atomic E-state index is 12.3. The van der Waals surface area contributed by atoms with E-state index in [1.165, 1.54) is 6.07 Å². The highest BCUT2D eigenvalue weighted by molar-refractivity contribution is 8.00. The van der Waals surface area contributed by atoms with Gasteiger partial charge in [0.25, 0.3) is 0 Å². The Labute approximate surface area is 102 Å². The smallest absolute Gasteiger partial charge is 0.381 e. The largest absolute Gasteiger partial charge is 0.446 e. The number of hydrogen-bond acceptors (Lipinski definition) is 3. The number of thioether (sulfide) groups is 1. The van der Waals surface area contributed by atoms with Crippen molar-refractivity contribution in [2.75, 3.05) is 5.32 Å². The van der Waals surface area contributed by atoms with Gasteiger partial charge in [-0.1, -0.05) is 12.1 Å². The van der Waals surface area contributed by atoms with Crippen LogP contribution >= 0.6 is 11.8 Å². The molecule has 0 heterocycles. The predicted octanol–water partition coefficient (Wildman–Crippen LogP) is 3.20. The van der Waals surface area contributed by atoms with Crippen molar-refractivity contribution in [3.8, 4) is 0 Å². The maximum Gasteiger partial charge on any atom is 0.446 e. The summed E-state index contributed by atoms with van der Waals surface area (Å²) in [7, 11) is 0. The van der Waals surface area contributed by atoms with Crippen LogP contribution in [0.15, 0.2) is 29.2 Å². The zero-order valence-corrected chi connectivity index (χ0v) is 9.81. The highest BCUT2D eigenvalue weighted by Crippen LogP contribution is 2.41. The molecule has 2 nitrogen and oxygen atoms in total. The minimum Gasteiger partial charge on any atom is -0.381 e. The molecule has 1 aromatic rings. The summed E-state index contributed by atoms with van der Waals surface area (Å²) in [6.45, 7) is 0. The first-order valence-electron chi connectivity index (χ1n) is 5.31. The Morgan fingerprint density at radius 1 is 1.24 bits per heavy atom. The van der Waals surface area contributed by atoms with E-state index in [1.54, 1.807) is 18.2 Å². The first-order chi connectivity index (χ1) is 7.94. The van der Waals surface area contributed by atoms with Gasteiger partial charge < -0.3 is 11.1 Å². The zero-order chi connectivity index (χ0) is 12.5. The highest BCUT2D eigenvalue weighted by Gasteiger charge is 2.31. The molecule has 0 radical (unpaired) electrons. The van der Waals surface area contributed by atoms with E-state index in [0.29, 0.717) is 5.69 Å². The number of benzene rings is 1. The zero-order valence-electron chi connectivity index (χ0n) is 9.00. The molecule has 94 valence electrons. The van der Waals surface area contributed by atoms with Crippen molar-refractivity contribution in [1.82, 2.24) is 0 Å². The van der Waals surface area contributed by atoms with E-state index in [0.717, 1.165) is 12.8 Å². The third kappa shape index (κ3) is 3.54. The molecule has 3 N–H and O–H groups in total. The molecule has 6 heteroatoms. The number of rotatable bonds is 3. The second kappa shape index (κ2) is 4.78. The lowest BCUT2D eigenvalue weighted by atomic mass is 9.87. The summed E-state index contributed by atoms with van der Waals surface area (Å²) in [5, 5.41) is 3.10. The molecule has 1 aromatic carbocycles. The number of nitrogens with two attached hydrogens (primary N) is 1. The van der Waals surface area contributed by atoms with Crippen molar-refractivity contribution in [1.29, 1.82) is 0 Å². The van der Waals surface area contributed by atoms with E-state index >= 15 is 0 Å². The monoisotopic (exact) mass is 262 g/mol. The molecule has 1 saturated carbocycles. The standard InChI is InChI=1S/C11H13F3N2S/c12-11(13,14)17-10-4-2-1-3-9(10)16-8-5-7(15)6-8/h1-4,7-8,16H,5-6,15H2. The van der Waals surface area contributed by atoms with Gasteiger partial charge in [-0.2, -0.15) is 13.2 Å². The molecule has 0 spiro atoms. The molecule has 0 aromatic heterocycles. The van der Waals surface area contributed by atoms with Crippen LogP contribution in [0.5, 0.6) is 0 Å². The molecule has 1 aliphatic rings. The minimum absolute atomic E-state index is 0.0890. The van der Waals surface area contributed by atoms with Gasteiger partial charge in [0.15, 0.2) is 0 Å². The third-order valence-corrected chi connectivity index (χ3v) is 3.45. The quantitative estimate of drug-likeness (QED) is 0.821. The molecule has 17 heavy (non-hydrogen) atoms. The number of para-hydroxylation sites is 1. The van der Waals surface area contributed by atoms with Gasteiger partial charge >= 0.3 is 5.51 Å². The summed E-state index contributed by atoms with van der Waals surface area (Å²) in [4.78, 5) is 0.209. The van der Waals surface area contributed by atoms with Crippen molar-refractivity contribution in [2.24, 2.45) is 5.73 Å². The summed E-state index contributed by atoms with van der Waals surface area (Å²) in [5.74, 6) is 0. The predicted molar refractivity (Wildman–Crippen MR) is 63.0 cm³/mol. The van der Waals surface area contributed by atoms with Crippen LogP contribution in [0.25, 0.3) is 0 Å². The van der Waals surface area contributed by atoms with Gasteiger partial charge in [0, 0.05) is 22.7 Å². The number of alkyl halides is 3. The summed E-state index contributed by atoms with van der Waals surface area (Å²) in [6, 6.07) is 6.83. The van der Waals surface area contributed by atoms with E-state index in [4.69, 9.17) is 5.73 Å². The molecule has 0 saturated heterocycles. The van der Waals surface area contributed by atoms with Gasteiger partial charge in [-0.05, 0) is 36.7 Å². The number of hydrogen-bond donors (Lipinski definition) is 2. The van der Waals surface area contributed by atoms with Gasteiger partial charge in [-0.15, -0.1) is 0 Å². The molecule has 0 unspecified atom stereocenters. The van der Waals surface area contributed by atoms with E-state index in [9.17, 15) is 13.2 Å². The lowest BCUT2D eigenvalue weighted by Crippen LogP contribution is -2.44. The summed E-state index contributed by atoms with van der Waals surface area (Å²) >= 11 is -0.0890. The van der Waals surface area contributed by atoms with Gasteiger partial charge in [-0.25, -0.2) is 0 Å². The Morgan fingerprint density at radius 3 is 2.47 bits per heavy atom. The van der Waals surface area contributed by atoms with Crippen LogP contribution in [0, 0.1) is 0 Å². The highest BCUT2D eigenvalue weighted by atomic mass is 32.2. The van der Waals surface area contributed by atoms with Crippen LogP contribution in [0.2, 0.25) is 0 Å². The number of anilines is 1. The second-order valence-electron chi connectivity index (χ2n) is 4.12. The lowest BCUT2D eigenvalue weighted by Gasteiger charge is -2.34. The molecule has 1 fully saturated rings. The van der Waals surface area contributed by atoms with Crippen molar-refractivity contribution in [3.63, 3.8) is 0 Å². The Balaban J connectivity index is 2.05. The number of halogens is 3. The fourth-order valence-electron chi connectivity index (χ4n) is 1.80. The molecule has 0 amide bonds. The summed E-state index contributed by atoms with van der Waals surface area (Å²) in [5.41, 5.74) is 1.91. The van der Waals surface area contributed by atoms with Crippen molar-refractivity contribution in [3.05, 3.63) is 24.3 Å². The van der Waals surface area contributed by atoms with Crippen molar-refractivity contribution in [2.45, 2.75) is 35.3 Å². The Hall–Kier alpha value is -0.880. The Morgan fingerprint density at radius 2 is 1.88 bits per heavy atom. The van der Waals surface area contributed by atoms with Gasteiger partial charge in [0.2, 0.25) is 0 Å². The SMILES string of the molecule is NC1CC(Nc2ccccc2SC(F)(F)F)C1. The van der Waals surface area contributed by atoms with Gasteiger partial charge in [0.05, 0.1) is 0 Å². The molecule has 2 rings (SSSR count). The first-order valence-corrected chi connectivity index (χ1v) is 6.12. The van der Waals surface area contributed by atoms with Crippen LogP contribution in [0.1, 0.15) is 12.8 Å². The fraction of sp³-hybridized carbons (Fsp3) is 0.455. The van der Waals surface area contributed by atoms with Crippen molar-refractivity contribution >= 4 is 17.4 Å². The van der Waals surface area contributed by atoms with Crippen LogP contribution in [-0.2, 0) is 0 Å². The maximum atomic E-state index is 12.3. The molecule has 1 aliphatic carbocycles. The van der Waals surface area contributed by atoms with E-state index in [2.05, 4.69) is 5.32 Å². The van der Waals surface area contributed by atoms with Crippen LogP contribution < -0.4 is 11.1 Å². The molecular formula is C11H13F3N2S. The van der Waals surface area contributed by atoms with E-state index in [-0.39, 0.29) is 28.7 Å². The van der Waals surface area contributed by atoms with Crippen LogP contribution in [0.4, 0.5) is 18.9 Å².